The van der Waals surface area contributed by atoms with Gasteiger partial charge in [-0.05, 0) is 24.3 Å². The molecule has 1 heterocycles. The number of pyridine rings is 1. The third kappa shape index (κ3) is 3.05. The minimum Gasteiger partial charge on any atom is -0.496 e. The summed E-state index contributed by atoms with van der Waals surface area (Å²) in [5.41, 5.74) is 1.32. The fourth-order valence-corrected chi connectivity index (χ4v) is 2.17. The second kappa shape index (κ2) is 6.04. The first-order chi connectivity index (χ1) is 9.15. The minimum absolute atomic E-state index is 0.602. The van der Waals surface area contributed by atoms with Crippen LogP contribution in [-0.4, -0.2) is 24.3 Å². The normalized spacial score (nSPS) is 12.0. The lowest BCUT2D eigenvalue weighted by Crippen LogP contribution is -2.03. The van der Waals surface area contributed by atoms with Gasteiger partial charge in [0, 0.05) is 21.8 Å². The molecule has 19 heavy (non-hydrogen) atoms. The average molecular weight is 324 g/mol. The van der Waals surface area contributed by atoms with Gasteiger partial charge in [0.15, 0.2) is 0 Å². The largest absolute Gasteiger partial charge is 0.496 e. The van der Waals surface area contributed by atoms with E-state index in [9.17, 15) is 5.11 Å². The number of ether oxygens (including phenoxy) is 2. The lowest BCUT2D eigenvalue weighted by Gasteiger charge is -2.15. The molecule has 2 rings (SSSR count). The van der Waals surface area contributed by atoms with Crippen molar-refractivity contribution in [3.8, 4) is 11.5 Å². The van der Waals surface area contributed by atoms with Crippen LogP contribution in [0.2, 0.25) is 0 Å². The van der Waals surface area contributed by atoms with Gasteiger partial charge in [0.25, 0.3) is 0 Å². The van der Waals surface area contributed by atoms with Crippen LogP contribution in [0.4, 0.5) is 0 Å². The van der Waals surface area contributed by atoms with Gasteiger partial charge < -0.3 is 14.6 Å². The predicted octanol–water partition coefficient (Wildman–Crippen LogP) is 2.94. The van der Waals surface area contributed by atoms with E-state index in [1.807, 2.05) is 12.1 Å². The number of nitrogens with zero attached hydrogens (tertiary/aromatic N) is 1. The second-order valence-corrected chi connectivity index (χ2v) is 4.86. The van der Waals surface area contributed by atoms with Crippen molar-refractivity contribution in [1.29, 1.82) is 0 Å². The van der Waals surface area contributed by atoms with Crippen LogP contribution in [0.1, 0.15) is 17.2 Å². The first kappa shape index (κ1) is 13.8. The molecule has 0 aliphatic heterocycles. The summed E-state index contributed by atoms with van der Waals surface area (Å²) in [6.45, 7) is 0. The highest BCUT2D eigenvalue weighted by Gasteiger charge is 2.16. The van der Waals surface area contributed by atoms with Gasteiger partial charge in [-0.25, -0.2) is 0 Å². The fraction of sp³-hybridized carbons (Fsp3) is 0.214. The minimum atomic E-state index is -0.824. The zero-order chi connectivity index (χ0) is 13.8. The van der Waals surface area contributed by atoms with Crippen molar-refractivity contribution in [3.05, 3.63) is 52.3 Å². The summed E-state index contributed by atoms with van der Waals surface area (Å²) in [6.07, 6.45) is 2.37. The maximum atomic E-state index is 10.5. The Morgan fingerprint density at radius 2 is 1.95 bits per heavy atom. The molecule has 1 unspecified atom stereocenters. The number of aliphatic hydroxyl groups is 1. The van der Waals surface area contributed by atoms with Gasteiger partial charge in [-0.3, -0.25) is 4.98 Å². The molecule has 0 amide bonds. The Bertz CT molecular complexity index is 574. The Balaban J connectivity index is 2.42. The Hall–Kier alpha value is -1.59. The zero-order valence-electron chi connectivity index (χ0n) is 10.6. The van der Waals surface area contributed by atoms with Crippen molar-refractivity contribution in [1.82, 2.24) is 4.98 Å². The maximum absolute atomic E-state index is 10.5. The number of aliphatic hydroxyl groups excluding tert-OH is 1. The lowest BCUT2D eigenvalue weighted by molar-refractivity contribution is 0.213. The molecule has 1 aromatic carbocycles. The Kier molecular flexibility index (Phi) is 4.39. The molecular formula is C14H14BrNO3. The monoisotopic (exact) mass is 323 g/mol. The molecule has 4 nitrogen and oxygen atoms in total. The predicted molar refractivity (Wildman–Crippen MR) is 75.5 cm³/mol. The molecule has 1 aromatic heterocycles. The quantitative estimate of drug-likeness (QED) is 0.939. The van der Waals surface area contributed by atoms with Gasteiger partial charge in [0.05, 0.1) is 20.4 Å². The smallest absolute Gasteiger partial charge is 0.137 e. The van der Waals surface area contributed by atoms with Gasteiger partial charge in [0.2, 0.25) is 0 Å². The van der Waals surface area contributed by atoms with Crippen LogP contribution in [0.25, 0.3) is 0 Å². The fourth-order valence-electron chi connectivity index (χ4n) is 1.80. The maximum Gasteiger partial charge on any atom is 0.137 e. The van der Waals surface area contributed by atoms with E-state index in [0.717, 1.165) is 4.47 Å². The molecule has 1 N–H and O–H groups in total. The van der Waals surface area contributed by atoms with E-state index in [1.165, 1.54) is 0 Å². The van der Waals surface area contributed by atoms with Crippen LogP contribution >= 0.6 is 15.9 Å². The molecule has 0 saturated carbocycles. The van der Waals surface area contributed by atoms with E-state index in [4.69, 9.17) is 9.47 Å². The van der Waals surface area contributed by atoms with Crippen molar-refractivity contribution >= 4 is 15.9 Å². The molecule has 5 heteroatoms. The van der Waals surface area contributed by atoms with Crippen molar-refractivity contribution in [2.75, 3.05) is 14.2 Å². The molecule has 2 aromatic rings. The summed E-state index contributed by atoms with van der Waals surface area (Å²) in [5, 5.41) is 10.5. The number of aromatic nitrogens is 1. The molecule has 0 fully saturated rings. The average Bonchev–Trinajstić information content (AvgIpc) is 2.46. The molecule has 0 spiro atoms. The molecule has 100 valence electrons. The van der Waals surface area contributed by atoms with E-state index >= 15 is 0 Å². The standard InChI is InChI=1S/C14H14BrNO3/c1-18-11-5-9(7-16-8-11)14(17)12-6-10(15)3-4-13(12)19-2/h3-8,14,17H,1-2H3. The third-order valence-electron chi connectivity index (χ3n) is 2.77. The van der Waals surface area contributed by atoms with E-state index in [1.54, 1.807) is 38.7 Å². The molecule has 1 atom stereocenters. The summed E-state index contributed by atoms with van der Waals surface area (Å²) in [4.78, 5) is 4.04. The highest BCUT2D eigenvalue weighted by atomic mass is 79.9. The van der Waals surface area contributed by atoms with Crippen molar-refractivity contribution in [3.63, 3.8) is 0 Å². The highest BCUT2D eigenvalue weighted by Crippen LogP contribution is 2.32. The Morgan fingerprint density at radius 1 is 1.16 bits per heavy atom. The second-order valence-electron chi connectivity index (χ2n) is 3.95. The zero-order valence-corrected chi connectivity index (χ0v) is 12.2. The van der Waals surface area contributed by atoms with Gasteiger partial charge in [-0.2, -0.15) is 0 Å². The lowest BCUT2D eigenvalue weighted by atomic mass is 10.0. The molecule has 0 bridgehead atoms. The third-order valence-corrected chi connectivity index (χ3v) is 3.27. The molecule has 0 aliphatic carbocycles. The van der Waals surface area contributed by atoms with Gasteiger partial charge in [0.1, 0.15) is 17.6 Å². The first-order valence-electron chi connectivity index (χ1n) is 5.66. The SMILES string of the molecule is COc1cncc(C(O)c2cc(Br)ccc2OC)c1. The number of methoxy groups -OCH3 is 2. The Labute approximate surface area is 120 Å². The number of benzene rings is 1. The van der Waals surface area contributed by atoms with Crippen LogP contribution in [0, 0.1) is 0 Å². The summed E-state index contributed by atoms with van der Waals surface area (Å²) in [5.74, 6) is 1.23. The van der Waals surface area contributed by atoms with Gasteiger partial charge in [-0.1, -0.05) is 15.9 Å². The first-order valence-corrected chi connectivity index (χ1v) is 6.45. The van der Waals surface area contributed by atoms with Gasteiger partial charge >= 0.3 is 0 Å². The molecule has 0 saturated heterocycles. The van der Waals surface area contributed by atoms with Crippen LogP contribution in [0.3, 0.4) is 0 Å². The van der Waals surface area contributed by atoms with Gasteiger partial charge in [-0.15, -0.1) is 0 Å². The number of rotatable bonds is 4. The van der Waals surface area contributed by atoms with E-state index in [2.05, 4.69) is 20.9 Å². The van der Waals surface area contributed by atoms with Crippen molar-refractivity contribution < 1.29 is 14.6 Å². The van der Waals surface area contributed by atoms with Crippen LogP contribution < -0.4 is 9.47 Å². The van der Waals surface area contributed by atoms with Crippen molar-refractivity contribution in [2.24, 2.45) is 0 Å². The number of hydrogen-bond donors (Lipinski definition) is 1. The topological polar surface area (TPSA) is 51.6 Å². The van der Waals surface area contributed by atoms with E-state index in [0.29, 0.717) is 22.6 Å². The summed E-state index contributed by atoms with van der Waals surface area (Å²) in [7, 11) is 3.14. The van der Waals surface area contributed by atoms with Crippen LogP contribution in [0.5, 0.6) is 11.5 Å². The summed E-state index contributed by atoms with van der Waals surface area (Å²) >= 11 is 3.39. The molecule has 0 aliphatic rings. The summed E-state index contributed by atoms with van der Waals surface area (Å²) < 4.78 is 11.2. The van der Waals surface area contributed by atoms with Crippen molar-refractivity contribution in [2.45, 2.75) is 6.10 Å². The Morgan fingerprint density at radius 3 is 2.63 bits per heavy atom. The molecule has 0 radical (unpaired) electrons. The highest BCUT2D eigenvalue weighted by molar-refractivity contribution is 9.10. The number of halogens is 1. The van der Waals surface area contributed by atoms with E-state index in [-0.39, 0.29) is 0 Å². The van der Waals surface area contributed by atoms with E-state index < -0.39 is 6.10 Å². The molecular weight excluding hydrogens is 310 g/mol. The van der Waals surface area contributed by atoms with Crippen LogP contribution in [0.15, 0.2) is 41.1 Å². The van der Waals surface area contributed by atoms with Crippen LogP contribution in [-0.2, 0) is 0 Å². The summed E-state index contributed by atoms with van der Waals surface area (Å²) in [6, 6.07) is 7.23. The number of hydrogen-bond acceptors (Lipinski definition) is 4.